The Morgan fingerprint density at radius 2 is 1.95 bits per heavy atom. The van der Waals surface area contributed by atoms with Crippen molar-refractivity contribution >= 4 is 33.3 Å². The number of benzene rings is 1. The second kappa shape index (κ2) is 6.22. The molecule has 1 aromatic heterocycles. The van der Waals surface area contributed by atoms with E-state index in [1.165, 1.54) is 19.2 Å². The summed E-state index contributed by atoms with van der Waals surface area (Å²) in [7, 11) is 0. The fraction of sp³-hybridized carbons (Fsp3) is 0.267. The molecule has 1 aliphatic heterocycles. The summed E-state index contributed by atoms with van der Waals surface area (Å²) in [6, 6.07) is 9.24. The van der Waals surface area contributed by atoms with Gasteiger partial charge in [0.2, 0.25) is 0 Å². The van der Waals surface area contributed by atoms with Crippen LogP contribution in [0.25, 0.3) is 0 Å². The highest BCUT2D eigenvalue weighted by Crippen LogP contribution is 2.22. The Labute approximate surface area is 131 Å². The van der Waals surface area contributed by atoms with Crippen molar-refractivity contribution in [2.75, 3.05) is 23.3 Å². The van der Waals surface area contributed by atoms with Crippen LogP contribution in [0.4, 0.5) is 11.5 Å². The number of hydrogen-bond donors (Lipinski definition) is 1. The Kier molecular flexibility index (Phi) is 4.15. The minimum atomic E-state index is -0.232. The molecule has 1 N–H and O–H groups in total. The number of rotatable bonds is 3. The maximum Gasteiger partial charge on any atom is 0.274 e. The number of carbonyl (C=O) groups is 1. The molecule has 0 atom stereocenters. The first-order valence-electron chi connectivity index (χ1n) is 6.87. The summed E-state index contributed by atoms with van der Waals surface area (Å²) in [6.45, 7) is 1.98. The summed E-state index contributed by atoms with van der Waals surface area (Å²) < 4.78 is 0.840. The number of aromatic nitrogens is 2. The topological polar surface area (TPSA) is 58.1 Å². The number of halogens is 1. The maximum absolute atomic E-state index is 12.3. The first-order valence-corrected chi connectivity index (χ1v) is 7.66. The summed E-state index contributed by atoms with van der Waals surface area (Å²) in [4.78, 5) is 22.8. The Bertz CT molecular complexity index is 656. The zero-order valence-electron chi connectivity index (χ0n) is 11.4. The Morgan fingerprint density at radius 3 is 2.71 bits per heavy atom. The molecule has 3 rings (SSSR count). The van der Waals surface area contributed by atoms with Crippen molar-refractivity contribution in [2.45, 2.75) is 12.8 Å². The van der Waals surface area contributed by atoms with Gasteiger partial charge in [-0.2, -0.15) is 0 Å². The second-order valence-electron chi connectivity index (χ2n) is 4.89. The molecule has 108 valence electrons. The van der Waals surface area contributed by atoms with Crippen molar-refractivity contribution in [3.05, 3.63) is 46.8 Å². The highest BCUT2D eigenvalue weighted by molar-refractivity contribution is 9.10. The average Bonchev–Trinajstić information content (AvgIpc) is 3.04. The van der Waals surface area contributed by atoms with E-state index in [1.54, 1.807) is 6.07 Å². The van der Waals surface area contributed by atoms with Crippen molar-refractivity contribution in [3.63, 3.8) is 0 Å². The molecule has 0 aliphatic carbocycles. The maximum atomic E-state index is 12.3. The standard InChI is InChI=1S/C15H15BrN4O/c16-11-5-1-2-6-12(11)19-15(21)13-9-14(18-10-17-13)20-7-3-4-8-20/h1-2,5-6,9-10H,3-4,7-8H2,(H,19,21). The molecule has 0 unspecified atom stereocenters. The van der Waals surface area contributed by atoms with Gasteiger partial charge in [0.1, 0.15) is 17.8 Å². The minimum Gasteiger partial charge on any atom is -0.357 e. The van der Waals surface area contributed by atoms with Gasteiger partial charge in [0.25, 0.3) is 5.91 Å². The average molecular weight is 347 g/mol. The van der Waals surface area contributed by atoms with Gasteiger partial charge in [-0.25, -0.2) is 9.97 Å². The summed E-state index contributed by atoms with van der Waals surface area (Å²) in [6.07, 6.45) is 3.79. The molecule has 5 nitrogen and oxygen atoms in total. The molecule has 0 saturated carbocycles. The van der Waals surface area contributed by atoms with Crippen LogP contribution < -0.4 is 10.2 Å². The van der Waals surface area contributed by atoms with Crippen molar-refractivity contribution in [3.8, 4) is 0 Å². The molecule has 2 heterocycles. The lowest BCUT2D eigenvalue weighted by atomic mass is 10.3. The summed E-state index contributed by atoms with van der Waals surface area (Å²) in [5, 5.41) is 2.85. The zero-order chi connectivity index (χ0) is 14.7. The predicted octanol–water partition coefficient (Wildman–Crippen LogP) is 3.09. The SMILES string of the molecule is O=C(Nc1ccccc1Br)c1cc(N2CCCC2)ncn1. The molecule has 1 fully saturated rings. The molecule has 21 heavy (non-hydrogen) atoms. The van der Waals surface area contributed by atoms with Crippen LogP contribution in [-0.4, -0.2) is 29.0 Å². The number of nitrogens with one attached hydrogen (secondary N) is 1. The number of hydrogen-bond acceptors (Lipinski definition) is 4. The number of amides is 1. The normalized spacial score (nSPS) is 14.2. The lowest BCUT2D eigenvalue weighted by Crippen LogP contribution is -2.21. The van der Waals surface area contributed by atoms with Crippen LogP contribution in [0.15, 0.2) is 41.1 Å². The molecular formula is C15H15BrN4O. The minimum absolute atomic E-state index is 0.232. The number of anilines is 2. The van der Waals surface area contributed by atoms with Gasteiger partial charge in [0, 0.05) is 23.6 Å². The smallest absolute Gasteiger partial charge is 0.274 e. The van der Waals surface area contributed by atoms with Gasteiger partial charge in [-0.05, 0) is 40.9 Å². The van der Waals surface area contributed by atoms with Crippen LogP contribution in [0.1, 0.15) is 23.3 Å². The van der Waals surface area contributed by atoms with Crippen molar-refractivity contribution in [1.82, 2.24) is 9.97 Å². The first kappa shape index (κ1) is 14.0. The molecular weight excluding hydrogens is 332 g/mol. The Hall–Kier alpha value is -1.95. The van der Waals surface area contributed by atoms with Crippen molar-refractivity contribution in [1.29, 1.82) is 0 Å². The second-order valence-corrected chi connectivity index (χ2v) is 5.74. The van der Waals surface area contributed by atoms with Crippen LogP contribution in [0, 0.1) is 0 Å². The Balaban J connectivity index is 1.78. The molecule has 2 aromatic rings. The number of carbonyl (C=O) groups excluding carboxylic acids is 1. The van der Waals surface area contributed by atoms with Crippen LogP contribution in [0.5, 0.6) is 0 Å². The summed E-state index contributed by atoms with van der Waals surface area (Å²) >= 11 is 3.41. The van der Waals surface area contributed by atoms with E-state index in [0.717, 1.165) is 29.1 Å². The fourth-order valence-electron chi connectivity index (χ4n) is 2.34. The molecule has 1 amide bonds. The van der Waals surface area contributed by atoms with Gasteiger partial charge in [-0.15, -0.1) is 0 Å². The first-order chi connectivity index (χ1) is 10.2. The van der Waals surface area contributed by atoms with Crippen molar-refractivity contribution < 1.29 is 4.79 Å². The van der Waals surface area contributed by atoms with Gasteiger partial charge in [-0.1, -0.05) is 12.1 Å². The van der Waals surface area contributed by atoms with E-state index in [4.69, 9.17) is 0 Å². The van der Waals surface area contributed by atoms with E-state index < -0.39 is 0 Å². The zero-order valence-corrected chi connectivity index (χ0v) is 13.0. The molecule has 1 aromatic carbocycles. The monoisotopic (exact) mass is 346 g/mol. The molecule has 6 heteroatoms. The largest absolute Gasteiger partial charge is 0.357 e. The highest BCUT2D eigenvalue weighted by atomic mass is 79.9. The fourth-order valence-corrected chi connectivity index (χ4v) is 2.72. The third kappa shape index (κ3) is 3.21. The quantitative estimate of drug-likeness (QED) is 0.927. The van der Waals surface area contributed by atoms with Gasteiger partial charge >= 0.3 is 0 Å². The van der Waals surface area contributed by atoms with E-state index in [1.807, 2.05) is 24.3 Å². The number of para-hydroxylation sites is 1. The molecule has 0 radical (unpaired) electrons. The van der Waals surface area contributed by atoms with Crippen LogP contribution in [0.3, 0.4) is 0 Å². The van der Waals surface area contributed by atoms with E-state index in [2.05, 4.69) is 36.1 Å². The Morgan fingerprint density at radius 1 is 1.19 bits per heavy atom. The summed E-state index contributed by atoms with van der Waals surface area (Å²) in [5.74, 6) is 0.588. The highest BCUT2D eigenvalue weighted by Gasteiger charge is 2.16. The molecule has 0 bridgehead atoms. The summed E-state index contributed by atoms with van der Waals surface area (Å²) in [5.41, 5.74) is 1.10. The third-order valence-electron chi connectivity index (χ3n) is 3.44. The molecule has 0 spiro atoms. The van der Waals surface area contributed by atoms with E-state index >= 15 is 0 Å². The van der Waals surface area contributed by atoms with Crippen LogP contribution >= 0.6 is 15.9 Å². The predicted molar refractivity (Wildman–Crippen MR) is 85.6 cm³/mol. The van der Waals surface area contributed by atoms with E-state index in [9.17, 15) is 4.79 Å². The van der Waals surface area contributed by atoms with Crippen LogP contribution in [0.2, 0.25) is 0 Å². The molecule has 1 aliphatic rings. The third-order valence-corrected chi connectivity index (χ3v) is 4.13. The number of nitrogens with zero attached hydrogens (tertiary/aromatic N) is 3. The van der Waals surface area contributed by atoms with E-state index in [-0.39, 0.29) is 5.91 Å². The van der Waals surface area contributed by atoms with Gasteiger partial charge in [-0.3, -0.25) is 4.79 Å². The van der Waals surface area contributed by atoms with E-state index in [0.29, 0.717) is 5.69 Å². The van der Waals surface area contributed by atoms with Gasteiger partial charge in [0.05, 0.1) is 5.69 Å². The van der Waals surface area contributed by atoms with Gasteiger partial charge in [0.15, 0.2) is 0 Å². The lowest BCUT2D eigenvalue weighted by molar-refractivity contribution is 0.102. The van der Waals surface area contributed by atoms with Crippen LogP contribution in [-0.2, 0) is 0 Å². The molecule has 1 saturated heterocycles. The lowest BCUT2D eigenvalue weighted by Gasteiger charge is -2.16. The van der Waals surface area contributed by atoms with Gasteiger partial charge < -0.3 is 10.2 Å². The van der Waals surface area contributed by atoms with Crippen molar-refractivity contribution in [2.24, 2.45) is 0 Å².